The molecule has 0 aromatic rings. The highest BCUT2D eigenvalue weighted by molar-refractivity contribution is 5.74. The number of carbonyl (C=O) groups is 1. The van der Waals surface area contributed by atoms with E-state index in [0.717, 1.165) is 25.9 Å². The highest BCUT2D eigenvalue weighted by Crippen LogP contribution is 2.17. The Morgan fingerprint density at radius 1 is 1.12 bits per heavy atom. The van der Waals surface area contributed by atoms with Crippen LogP contribution in [0, 0.1) is 0 Å². The van der Waals surface area contributed by atoms with Crippen LogP contribution in [0.4, 0.5) is 4.79 Å². The molecule has 1 heterocycles. The lowest BCUT2D eigenvalue weighted by Crippen LogP contribution is -2.46. The normalized spacial score (nSPS) is 26.6. The predicted molar refractivity (Wildman–Crippen MR) is 64.4 cm³/mol. The number of carbonyl (C=O) groups excluding carboxylic acids is 1. The highest BCUT2D eigenvalue weighted by Gasteiger charge is 2.17. The third-order valence-electron chi connectivity index (χ3n) is 3.61. The molecule has 92 valence electrons. The summed E-state index contributed by atoms with van der Waals surface area (Å²) in [6.45, 7) is 1.86. The van der Waals surface area contributed by atoms with Crippen LogP contribution in [0.1, 0.15) is 44.9 Å². The minimum atomic E-state index is 0.0144. The molecular formula is C12H23N3O. The summed E-state index contributed by atoms with van der Waals surface area (Å²) < 4.78 is 0. The van der Waals surface area contributed by atoms with Crippen molar-refractivity contribution in [2.75, 3.05) is 13.1 Å². The molecule has 0 radical (unpaired) electrons. The maximum Gasteiger partial charge on any atom is 0.315 e. The first kappa shape index (κ1) is 11.7. The monoisotopic (exact) mass is 225 g/mol. The molecule has 4 nitrogen and oxygen atoms in total. The topological polar surface area (TPSA) is 53.2 Å². The van der Waals surface area contributed by atoms with Gasteiger partial charge in [-0.15, -0.1) is 0 Å². The molecule has 1 unspecified atom stereocenters. The first-order chi connectivity index (χ1) is 7.84. The molecule has 1 saturated heterocycles. The van der Waals surface area contributed by atoms with Crippen LogP contribution in [0.15, 0.2) is 0 Å². The van der Waals surface area contributed by atoms with Gasteiger partial charge in [-0.2, -0.15) is 0 Å². The number of hydrogen-bond donors (Lipinski definition) is 3. The average molecular weight is 225 g/mol. The van der Waals surface area contributed by atoms with Gasteiger partial charge in [0.05, 0.1) is 0 Å². The van der Waals surface area contributed by atoms with Crippen LogP contribution in [-0.4, -0.2) is 31.2 Å². The lowest BCUT2D eigenvalue weighted by Gasteiger charge is -2.23. The zero-order valence-electron chi connectivity index (χ0n) is 9.93. The largest absolute Gasteiger partial charge is 0.337 e. The number of nitrogens with one attached hydrogen (secondary N) is 3. The van der Waals surface area contributed by atoms with Crippen molar-refractivity contribution in [3.8, 4) is 0 Å². The first-order valence-corrected chi connectivity index (χ1v) is 6.62. The SMILES string of the molecule is O=C(NCC1CCCN1)NC1CCCCC1. The van der Waals surface area contributed by atoms with Crippen LogP contribution in [0.3, 0.4) is 0 Å². The molecule has 2 fully saturated rings. The Kier molecular flexibility index (Phi) is 4.45. The van der Waals surface area contributed by atoms with Gasteiger partial charge in [-0.25, -0.2) is 4.79 Å². The molecule has 1 atom stereocenters. The molecular weight excluding hydrogens is 202 g/mol. The standard InChI is InChI=1S/C12H23N3O/c16-12(14-9-11-7-4-8-13-11)15-10-5-2-1-3-6-10/h10-11,13H,1-9H2,(H2,14,15,16). The fraction of sp³-hybridized carbons (Fsp3) is 0.917. The van der Waals surface area contributed by atoms with Gasteiger partial charge in [-0.1, -0.05) is 19.3 Å². The van der Waals surface area contributed by atoms with Crippen molar-refractivity contribution in [3.63, 3.8) is 0 Å². The van der Waals surface area contributed by atoms with Gasteiger partial charge in [-0.05, 0) is 32.2 Å². The molecule has 1 aliphatic heterocycles. The summed E-state index contributed by atoms with van der Waals surface area (Å²) >= 11 is 0. The third kappa shape index (κ3) is 3.67. The van der Waals surface area contributed by atoms with Crippen LogP contribution < -0.4 is 16.0 Å². The Balaban J connectivity index is 1.59. The van der Waals surface area contributed by atoms with Crippen molar-refractivity contribution in [2.24, 2.45) is 0 Å². The van der Waals surface area contributed by atoms with Gasteiger partial charge in [0.15, 0.2) is 0 Å². The minimum absolute atomic E-state index is 0.0144. The maximum atomic E-state index is 11.6. The summed E-state index contributed by atoms with van der Waals surface area (Å²) in [4.78, 5) is 11.6. The van der Waals surface area contributed by atoms with Gasteiger partial charge in [0.2, 0.25) is 0 Å². The smallest absolute Gasteiger partial charge is 0.315 e. The molecule has 0 aromatic heterocycles. The van der Waals surface area contributed by atoms with Crippen molar-refractivity contribution in [1.82, 2.24) is 16.0 Å². The van der Waals surface area contributed by atoms with Crippen molar-refractivity contribution < 1.29 is 4.79 Å². The Morgan fingerprint density at radius 3 is 2.62 bits per heavy atom. The van der Waals surface area contributed by atoms with E-state index in [0.29, 0.717) is 12.1 Å². The second kappa shape index (κ2) is 6.09. The second-order valence-corrected chi connectivity index (χ2v) is 4.98. The summed E-state index contributed by atoms with van der Waals surface area (Å²) in [5, 5.41) is 9.40. The number of amides is 2. The molecule has 1 aliphatic carbocycles. The lowest BCUT2D eigenvalue weighted by molar-refractivity contribution is 0.231. The number of rotatable bonds is 3. The summed E-state index contributed by atoms with van der Waals surface area (Å²) in [6.07, 6.45) is 8.56. The van der Waals surface area contributed by atoms with Gasteiger partial charge < -0.3 is 16.0 Å². The summed E-state index contributed by atoms with van der Waals surface area (Å²) in [5.41, 5.74) is 0. The molecule has 4 heteroatoms. The van der Waals surface area contributed by atoms with E-state index in [4.69, 9.17) is 0 Å². The predicted octanol–water partition coefficient (Wildman–Crippen LogP) is 1.37. The van der Waals surface area contributed by atoms with Crippen molar-refractivity contribution in [3.05, 3.63) is 0 Å². The van der Waals surface area contributed by atoms with Crippen molar-refractivity contribution in [2.45, 2.75) is 57.0 Å². The summed E-state index contributed by atoms with van der Waals surface area (Å²) in [6, 6.07) is 0.906. The van der Waals surface area contributed by atoms with Crippen LogP contribution in [0.25, 0.3) is 0 Å². The molecule has 0 spiro atoms. The van der Waals surface area contributed by atoms with Gasteiger partial charge in [0, 0.05) is 18.6 Å². The van der Waals surface area contributed by atoms with Crippen molar-refractivity contribution in [1.29, 1.82) is 0 Å². The molecule has 3 N–H and O–H groups in total. The fourth-order valence-corrected chi connectivity index (χ4v) is 2.63. The molecule has 2 rings (SSSR count). The molecule has 2 amide bonds. The maximum absolute atomic E-state index is 11.6. The minimum Gasteiger partial charge on any atom is -0.337 e. The van der Waals surface area contributed by atoms with Crippen LogP contribution in [0.2, 0.25) is 0 Å². The van der Waals surface area contributed by atoms with E-state index in [9.17, 15) is 4.79 Å². The number of hydrogen-bond acceptors (Lipinski definition) is 2. The number of urea groups is 1. The average Bonchev–Trinajstić information content (AvgIpc) is 2.81. The van der Waals surface area contributed by atoms with E-state index in [1.807, 2.05) is 0 Å². The first-order valence-electron chi connectivity index (χ1n) is 6.62. The molecule has 16 heavy (non-hydrogen) atoms. The van der Waals surface area contributed by atoms with Crippen LogP contribution >= 0.6 is 0 Å². The van der Waals surface area contributed by atoms with E-state index >= 15 is 0 Å². The van der Waals surface area contributed by atoms with Gasteiger partial charge >= 0.3 is 6.03 Å². The fourth-order valence-electron chi connectivity index (χ4n) is 2.63. The zero-order valence-corrected chi connectivity index (χ0v) is 9.93. The van der Waals surface area contributed by atoms with Crippen LogP contribution in [0.5, 0.6) is 0 Å². The Morgan fingerprint density at radius 2 is 1.94 bits per heavy atom. The summed E-state index contributed by atoms with van der Waals surface area (Å²) in [5.74, 6) is 0. The van der Waals surface area contributed by atoms with E-state index in [2.05, 4.69) is 16.0 Å². The van der Waals surface area contributed by atoms with Gasteiger partial charge in [-0.3, -0.25) is 0 Å². The quantitative estimate of drug-likeness (QED) is 0.679. The van der Waals surface area contributed by atoms with Gasteiger partial charge in [0.25, 0.3) is 0 Å². The molecule has 2 aliphatic rings. The zero-order chi connectivity index (χ0) is 11.2. The van der Waals surface area contributed by atoms with E-state index in [1.54, 1.807) is 0 Å². The van der Waals surface area contributed by atoms with Crippen LogP contribution in [-0.2, 0) is 0 Å². The van der Waals surface area contributed by atoms with Crippen molar-refractivity contribution >= 4 is 6.03 Å². The molecule has 0 aromatic carbocycles. The van der Waals surface area contributed by atoms with E-state index in [1.165, 1.54) is 32.1 Å². The Labute approximate surface area is 97.6 Å². The Bertz CT molecular complexity index is 220. The van der Waals surface area contributed by atoms with E-state index in [-0.39, 0.29) is 6.03 Å². The van der Waals surface area contributed by atoms with E-state index < -0.39 is 0 Å². The highest BCUT2D eigenvalue weighted by atomic mass is 16.2. The lowest BCUT2D eigenvalue weighted by atomic mass is 9.96. The third-order valence-corrected chi connectivity index (χ3v) is 3.61. The Hall–Kier alpha value is -0.770. The molecule has 0 bridgehead atoms. The van der Waals surface area contributed by atoms with Gasteiger partial charge in [0.1, 0.15) is 0 Å². The second-order valence-electron chi connectivity index (χ2n) is 4.98. The molecule has 1 saturated carbocycles. The summed E-state index contributed by atoms with van der Waals surface area (Å²) in [7, 11) is 0.